The second kappa shape index (κ2) is 4.80. The van der Waals surface area contributed by atoms with Gasteiger partial charge in [0.25, 0.3) is 0 Å². The maximum atomic E-state index is 9.41. The summed E-state index contributed by atoms with van der Waals surface area (Å²) in [6.45, 7) is 6.32. The third kappa shape index (κ3) is 3.09. The number of aliphatic hydroxyl groups is 1. The van der Waals surface area contributed by atoms with Crippen molar-refractivity contribution in [2.75, 3.05) is 26.2 Å². The van der Waals surface area contributed by atoms with E-state index in [0.717, 1.165) is 12.5 Å². The number of hydrogen-bond acceptors (Lipinski definition) is 1. The monoisotopic (exact) mass is 174 g/mol. The largest absolute Gasteiger partial charge is 0.382 e. The van der Waals surface area contributed by atoms with E-state index in [1.807, 2.05) is 0 Å². The summed E-state index contributed by atoms with van der Waals surface area (Å²) in [6, 6.07) is 0. The third-order valence-corrected chi connectivity index (χ3v) is 2.72. The van der Waals surface area contributed by atoms with Crippen LogP contribution in [0.25, 0.3) is 0 Å². The van der Waals surface area contributed by atoms with Crippen molar-refractivity contribution in [1.29, 1.82) is 0 Å². The number of piperidine rings is 1. The van der Waals surface area contributed by atoms with Crippen molar-refractivity contribution in [1.82, 2.24) is 0 Å². The van der Waals surface area contributed by atoms with Crippen molar-refractivity contribution >= 4 is 0 Å². The van der Waals surface area contributed by atoms with Crippen LogP contribution in [0.3, 0.4) is 0 Å². The second-order valence-corrected chi connectivity index (χ2v) is 4.10. The quantitative estimate of drug-likeness (QED) is 0.451. The Bertz CT molecular complexity index is 130. The predicted octanol–water partition coefficient (Wildman–Crippen LogP) is -2.10. The van der Waals surface area contributed by atoms with Crippen molar-refractivity contribution in [3.8, 4) is 0 Å². The first kappa shape index (κ1) is 9.96. The average molecular weight is 174 g/mol. The van der Waals surface area contributed by atoms with Crippen LogP contribution in [-0.2, 0) is 0 Å². The van der Waals surface area contributed by atoms with Crippen molar-refractivity contribution in [2.24, 2.45) is 5.92 Å². The smallest absolute Gasteiger partial charge is 0.151 e. The summed E-state index contributed by atoms with van der Waals surface area (Å²) >= 11 is 0. The fourth-order valence-electron chi connectivity index (χ4n) is 2.02. The molecule has 1 heterocycles. The molecule has 72 valence electrons. The first-order chi connectivity index (χ1) is 5.72. The highest BCUT2D eigenvalue weighted by Gasteiger charge is 2.21. The fraction of sp³-hybridized carbons (Fsp3) is 1.00. The summed E-state index contributed by atoms with van der Waals surface area (Å²) in [5, 5.41) is 9.41. The van der Waals surface area contributed by atoms with E-state index in [-0.39, 0.29) is 6.10 Å². The van der Waals surface area contributed by atoms with Gasteiger partial charge in [-0.25, -0.2) is 0 Å². The molecule has 0 aliphatic carbocycles. The van der Waals surface area contributed by atoms with E-state index in [0.29, 0.717) is 6.54 Å². The van der Waals surface area contributed by atoms with Gasteiger partial charge in [0.05, 0.1) is 13.1 Å². The molecule has 1 rings (SSSR count). The van der Waals surface area contributed by atoms with Crippen LogP contribution in [0.5, 0.6) is 0 Å². The molecule has 3 atom stereocenters. The number of likely N-dealkylation sites (tertiary alicyclic amines) is 1. The molecule has 0 aromatic rings. The van der Waals surface area contributed by atoms with Gasteiger partial charge in [-0.05, 0) is 12.8 Å². The van der Waals surface area contributed by atoms with Crippen molar-refractivity contribution < 1.29 is 15.7 Å². The molecule has 0 aromatic heterocycles. The molecule has 1 fully saturated rings. The van der Waals surface area contributed by atoms with Crippen molar-refractivity contribution in [2.45, 2.75) is 25.9 Å². The van der Waals surface area contributed by atoms with E-state index < -0.39 is 0 Å². The Morgan fingerprint density at radius 2 is 2.42 bits per heavy atom. The van der Waals surface area contributed by atoms with E-state index >= 15 is 0 Å². The molecule has 3 nitrogen and oxygen atoms in total. The Morgan fingerprint density at radius 3 is 3.00 bits per heavy atom. The summed E-state index contributed by atoms with van der Waals surface area (Å²) in [5.74, 6) is 0.839. The molecule has 0 aromatic carbocycles. The molecule has 12 heavy (non-hydrogen) atoms. The highest BCUT2D eigenvalue weighted by molar-refractivity contribution is 4.57. The molecule has 0 spiro atoms. The highest BCUT2D eigenvalue weighted by atomic mass is 16.3. The zero-order chi connectivity index (χ0) is 8.97. The van der Waals surface area contributed by atoms with Crippen molar-refractivity contribution in [3.63, 3.8) is 0 Å². The summed E-state index contributed by atoms with van der Waals surface area (Å²) in [7, 11) is 0. The second-order valence-electron chi connectivity index (χ2n) is 4.10. The molecule has 1 aliphatic rings. The molecule has 1 aliphatic heterocycles. The molecular formula is C9H22N2O+2. The molecule has 0 bridgehead atoms. The van der Waals surface area contributed by atoms with Crippen LogP contribution >= 0.6 is 0 Å². The lowest BCUT2D eigenvalue weighted by Gasteiger charge is -2.28. The van der Waals surface area contributed by atoms with Crippen LogP contribution in [0.4, 0.5) is 0 Å². The van der Waals surface area contributed by atoms with Crippen LogP contribution in [0.1, 0.15) is 19.8 Å². The lowest BCUT2D eigenvalue weighted by atomic mass is 10.00. The number of nitrogens with one attached hydrogen (secondary N) is 1. The van der Waals surface area contributed by atoms with Crippen LogP contribution in [0.2, 0.25) is 0 Å². The molecular weight excluding hydrogens is 152 g/mol. The standard InChI is InChI=1S/C9H20N2O/c1-8-3-2-4-11(6-8)7-9(12)5-10/h8-9,12H,2-7,10H2,1H3/p+2/t8-,9-/m1/s1. The number of aliphatic hydroxyl groups excluding tert-OH is 1. The van der Waals surface area contributed by atoms with Crippen LogP contribution < -0.4 is 10.6 Å². The van der Waals surface area contributed by atoms with E-state index in [1.54, 1.807) is 4.90 Å². The van der Waals surface area contributed by atoms with E-state index in [4.69, 9.17) is 0 Å². The van der Waals surface area contributed by atoms with Gasteiger partial charge in [-0.1, -0.05) is 6.92 Å². The lowest BCUT2D eigenvalue weighted by molar-refractivity contribution is -0.912. The maximum Gasteiger partial charge on any atom is 0.151 e. The van der Waals surface area contributed by atoms with Gasteiger partial charge in [-0.2, -0.15) is 0 Å². The minimum atomic E-state index is -0.190. The minimum absolute atomic E-state index is 0.190. The Hall–Kier alpha value is -0.120. The zero-order valence-corrected chi connectivity index (χ0v) is 8.05. The SMILES string of the molecule is C[C@@H]1CCC[NH+](C[C@H](O)C[NH3+])C1. The molecule has 0 saturated carbocycles. The minimum Gasteiger partial charge on any atom is -0.382 e. The van der Waals surface area contributed by atoms with Crippen molar-refractivity contribution in [3.05, 3.63) is 0 Å². The molecule has 1 saturated heterocycles. The van der Waals surface area contributed by atoms with Gasteiger partial charge in [-0.15, -0.1) is 0 Å². The van der Waals surface area contributed by atoms with Gasteiger partial charge >= 0.3 is 0 Å². The predicted molar refractivity (Wildman–Crippen MR) is 47.7 cm³/mol. The molecule has 3 heteroatoms. The normalized spacial score (nSPS) is 33.2. The highest BCUT2D eigenvalue weighted by Crippen LogP contribution is 2.04. The van der Waals surface area contributed by atoms with Gasteiger partial charge in [-0.3, -0.25) is 0 Å². The summed E-state index contributed by atoms with van der Waals surface area (Å²) in [5.41, 5.74) is 3.71. The first-order valence-corrected chi connectivity index (χ1v) is 5.03. The third-order valence-electron chi connectivity index (χ3n) is 2.72. The molecule has 0 amide bonds. The number of hydrogen-bond donors (Lipinski definition) is 3. The molecule has 1 unspecified atom stereocenters. The van der Waals surface area contributed by atoms with Gasteiger partial charge < -0.3 is 15.7 Å². The van der Waals surface area contributed by atoms with Gasteiger partial charge in [0.2, 0.25) is 0 Å². The Morgan fingerprint density at radius 1 is 1.67 bits per heavy atom. The van der Waals surface area contributed by atoms with E-state index in [9.17, 15) is 5.11 Å². The van der Waals surface area contributed by atoms with Crippen LogP contribution in [0.15, 0.2) is 0 Å². The Kier molecular flexibility index (Phi) is 3.98. The van der Waals surface area contributed by atoms with Gasteiger partial charge in [0.15, 0.2) is 6.10 Å². The van der Waals surface area contributed by atoms with Crippen LogP contribution in [-0.4, -0.2) is 37.4 Å². The van der Waals surface area contributed by atoms with Gasteiger partial charge in [0, 0.05) is 5.92 Å². The number of quaternary nitrogens is 2. The van der Waals surface area contributed by atoms with Crippen LogP contribution in [0, 0.1) is 5.92 Å². The van der Waals surface area contributed by atoms with Gasteiger partial charge in [0.1, 0.15) is 13.1 Å². The Labute approximate surface area is 74.5 Å². The lowest BCUT2D eigenvalue weighted by Crippen LogP contribution is -3.14. The summed E-state index contributed by atoms with van der Waals surface area (Å²) in [4.78, 5) is 1.56. The number of rotatable bonds is 3. The molecule has 0 radical (unpaired) electrons. The van der Waals surface area contributed by atoms with E-state index in [1.165, 1.54) is 25.9 Å². The average Bonchev–Trinajstić information content (AvgIpc) is 2.04. The summed E-state index contributed by atoms with van der Waals surface area (Å²) < 4.78 is 0. The topological polar surface area (TPSA) is 52.3 Å². The summed E-state index contributed by atoms with van der Waals surface area (Å²) in [6.07, 6.45) is 2.50. The zero-order valence-electron chi connectivity index (χ0n) is 8.05. The fourth-order valence-corrected chi connectivity index (χ4v) is 2.02. The molecule has 5 N–H and O–H groups in total. The maximum absolute atomic E-state index is 9.41. The Balaban J connectivity index is 2.22. The van der Waals surface area contributed by atoms with E-state index in [2.05, 4.69) is 12.7 Å². The first-order valence-electron chi connectivity index (χ1n) is 5.03.